The molecule has 2 aromatic heterocycles. The maximum absolute atomic E-state index is 13.2. The van der Waals surface area contributed by atoms with Gasteiger partial charge in [0, 0.05) is 16.6 Å². The van der Waals surface area contributed by atoms with E-state index in [2.05, 4.69) is 31.7 Å². The van der Waals surface area contributed by atoms with Gasteiger partial charge in [0.1, 0.15) is 16.4 Å². The number of thiophene rings is 1. The van der Waals surface area contributed by atoms with Gasteiger partial charge in [-0.05, 0) is 65.3 Å². The SMILES string of the molecule is CCOC(=O)c1c(NC(=S)Nc2nn(Cc3ccc(F)cc3)cc2Br)sc(C)c1-c1ccccc1. The van der Waals surface area contributed by atoms with Gasteiger partial charge in [0.15, 0.2) is 10.9 Å². The number of aromatic nitrogens is 2. The lowest BCUT2D eigenvalue weighted by Crippen LogP contribution is -2.21. The highest BCUT2D eigenvalue weighted by Crippen LogP contribution is 2.40. The zero-order valence-electron chi connectivity index (χ0n) is 19.0. The number of nitrogens with zero attached hydrogens (tertiary/aromatic N) is 2. The molecule has 0 unspecified atom stereocenters. The Morgan fingerprint density at radius 3 is 2.57 bits per heavy atom. The number of nitrogens with one attached hydrogen (secondary N) is 2. The molecule has 2 heterocycles. The molecular formula is C25H22BrFN4O2S2. The third-order valence-electron chi connectivity index (χ3n) is 5.06. The Labute approximate surface area is 220 Å². The van der Waals surface area contributed by atoms with E-state index in [1.807, 2.05) is 37.3 Å². The maximum atomic E-state index is 13.2. The minimum atomic E-state index is -0.411. The minimum absolute atomic E-state index is 0.266. The second kappa shape index (κ2) is 11.1. The Bertz CT molecular complexity index is 1350. The van der Waals surface area contributed by atoms with E-state index in [4.69, 9.17) is 17.0 Å². The third-order valence-corrected chi connectivity index (χ3v) is 6.87. The fourth-order valence-corrected chi connectivity index (χ4v) is 5.31. The first-order valence-corrected chi connectivity index (χ1v) is 12.8. The lowest BCUT2D eigenvalue weighted by molar-refractivity contribution is 0.0529. The van der Waals surface area contributed by atoms with E-state index >= 15 is 0 Å². The summed E-state index contributed by atoms with van der Waals surface area (Å²) in [6.45, 7) is 4.48. The molecule has 2 aromatic carbocycles. The predicted octanol–water partition coefficient (Wildman–Crippen LogP) is 6.86. The van der Waals surface area contributed by atoms with E-state index in [0.29, 0.717) is 27.4 Å². The Kier molecular flexibility index (Phi) is 7.94. The van der Waals surface area contributed by atoms with E-state index < -0.39 is 5.97 Å². The summed E-state index contributed by atoms with van der Waals surface area (Å²) >= 11 is 10.5. The molecule has 0 saturated heterocycles. The number of esters is 1. The average Bonchev–Trinajstić information content (AvgIpc) is 3.34. The summed E-state index contributed by atoms with van der Waals surface area (Å²) in [5.41, 5.74) is 3.11. The van der Waals surface area contributed by atoms with Gasteiger partial charge >= 0.3 is 5.97 Å². The summed E-state index contributed by atoms with van der Waals surface area (Å²) in [6.07, 6.45) is 1.81. The van der Waals surface area contributed by atoms with Crippen LogP contribution in [0.1, 0.15) is 27.7 Å². The molecule has 6 nitrogen and oxygen atoms in total. The molecule has 180 valence electrons. The van der Waals surface area contributed by atoms with Crippen molar-refractivity contribution in [2.45, 2.75) is 20.4 Å². The number of ether oxygens (including phenoxy) is 1. The second-order valence-electron chi connectivity index (χ2n) is 7.55. The monoisotopic (exact) mass is 572 g/mol. The molecule has 4 aromatic rings. The number of carbonyl (C=O) groups is 1. The zero-order chi connectivity index (χ0) is 24.9. The number of rotatable bonds is 7. The maximum Gasteiger partial charge on any atom is 0.341 e. The van der Waals surface area contributed by atoms with Gasteiger partial charge in [-0.15, -0.1) is 11.3 Å². The van der Waals surface area contributed by atoms with Gasteiger partial charge in [-0.1, -0.05) is 42.5 Å². The van der Waals surface area contributed by atoms with Crippen LogP contribution in [0.5, 0.6) is 0 Å². The first-order chi connectivity index (χ1) is 16.9. The molecule has 4 rings (SSSR count). The van der Waals surface area contributed by atoms with Gasteiger partial charge < -0.3 is 15.4 Å². The molecule has 0 atom stereocenters. The topological polar surface area (TPSA) is 68.2 Å². The van der Waals surface area contributed by atoms with Crippen LogP contribution in [0.4, 0.5) is 15.2 Å². The normalized spacial score (nSPS) is 10.7. The van der Waals surface area contributed by atoms with E-state index in [-0.39, 0.29) is 17.5 Å². The van der Waals surface area contributed by atoms with E-state index in [1.54, 1.807) is 29.9 Å². The number of benzene rings is 2. The van der Waals surface area contributed by atoms with Crippen molar-refractivity contribution < 1.29 is 13.9 Å². The highest BCUT2D eigenvalue weighted by molar-refractivity contribution is 9.10. The highest BCUT2D eigenvalue weighted by atomic mass is 79.9. The molecule has 0 fully saturated rings. The Balaban J connectivity index is 1.55. The number of thiocarbonyl (C=S) groups is 1. The van der Waals surface area contributed by atoms with Crippen LogP contribution < -0.4 is 10.6 Å². The first kappa shape index (κ1) is 25.0. The van der Waals surface area contributed by atoms with Crippen molar-refractivity contribution in [1.82, 2.24) is 9.78 Å². The molecule has 0 aliphatic carbocycles. The third kappa shape index (κ3) is 5.95. The molecule has 35 heavy (non-hydrogen) atoms. The molecule has 2 N–H and O–H groups in total. The lowest BCUT2D eigenvalue weighted by Gasteiger charge is -2.11. The Morgan fingerprint density at radius 1 is 1.17 bits per heavy atom. The van der Waals surface area contributed by atoms with Crippen molar-refractivity contribution in [2.24, 2.45) is 0 Å². The number of carbonyl (C=O) groups excluding carboxylic acids is 1. The molecule has 0 radical (unpaired) electrons. The fourth-order valence-electron chi connectivity index (χ4n) is 3.56. The molecular weight excluding hydrogens is 551 g/mol. The molecule has 10 heteroatoms. The largest absolute Gasteiger partial charge is 0.462 e. The molecule has 0 spiro atoms. The van der Waals surface area contributed by atoms with Crippen molar-refractivity contribution in [3.05, 3.63) is 87.1 Å². The van der Waals surface area contributed by atoms with Crippen molar-refractivity contribution in [3.63, 3.8) is 0 Å². The standard InChI is InChI=1S/C25H22BrFN4O2S2/c1-3-33-24(32)21-20(17-7-5-4-6-8-17)15(2)35-23(21)29-25(34)28-22-19(26)14-31(30-22)13-16-9-11-18(27)12-10-16/h4-12,14H,3,13H2,1-2H3,(H2,28,29,30,34). The average molecular weight is 574 g/mol. The van der Waals surface area contributed by atoms with Crippen LogP contribution in [-0.4, -0.2) is 27.5 Å². The Hall–Kier alpha value is -3.08. The van der Waals surface area contributed by atoms with Crippen LogP contribution >= 0.6 is 39.5 Å². The zero-order valence-corrected chi connectivity index (χ0v) is 22.2. The molecule has 0 saturated carbocycles. The number of hydrogen-bond acceptors (Lipinski definition) is 5. The van der Waals surface area contributed by atoms with Gasteiger partial charge in [-0.3, -0.25) is 4.68 Å². The van der Waals surface area contributed by atoms with Gasteiger partial charge in [0.2, 0.25) is 0 Å². The summed E-state index contributed by atoms with van der Waals surface area (Å²) in [5.74, 6) is -0.180. The second-order valence-corrected chi connectivity index (χ2v) is 10.0. The summed E-state index contributed by atoms with van der Waals surface area (Å²) in [4.78, 5) is 13.9. The smallest absolute Gasteiger partial charge is 0.341 e. The number of hydrogen-bond donors (Lipinski definition) is 2. The van der Waals surface area contributed by atoms with Crippen LogP contribution in [0.15, 0.2) is 65.3 Å². The van der Waals surface area contributed by atoms with Crippen molar-refractivity contribution in [3.8, 4) is 11.1 Å². The van der Waals surface area contributed by atoms with Crippen LogP contribution in [0.25, 0.3) is 11.1 Å². The highest BCUT2D eigenvalue weighted by Gasteiger charge is 2.25. The van der Waals surface area contributed by atoms with E-state index in [1.165, 1.54) is 23.5 Å². The van der Waals surface area contributed by atoms with E-state index in [0.717, 1.165) is 21.6 Å². The summed E-state index contributed by atoms with van der Waals surface area (Å²) in [5, 5.41) is 11.6. The van der Waals surface area contributed by atoms with Gasteiger partial charge in [-0.2, -0.15) is 5.10 Å². The van der Waals surface area contributed by atoms with Gasteiger partial charge in [0.05, 0.1) is 17.6 Å². The van der Waals surface area contributed by atoms with Crippen LogP contribution in [0.3, 0.4) is 0 Å². The predicted molar refractivity (Wildman–Crippen MR) is 146 cm³/mol. The van der Waals surface area contributed by atoms with Crippen molar-refractivity contribution >= 4 is 61.4 Å². The van der Waals surface area contributed by atoms with Crippen LogP contribution in [-0.2, 0) is 11.3 Å². The first-order valence-electron chi connectivity index (χ1n) is 10.8. The summed E-state index contributed by atoms with van der Waals surface area (Å²) in [7, 11) is 0. The van der Waals surface area contributed by atoms with E-state index in [9.17, 15) is 9.18 Å². The van der Waals surface area contributed by atoms with Gasteiger partial charge in [-0.25, -0.2) is 9.18 Å². The van der Waals surface area contributed by atoms with Crippen molar-refractivity contribution in [2.75, 3.05) is 17.2 Å². The van der Waals surface area contributed by atoms with Crippen molar-refractivity contribution in [1.29, 1.82) is 0 Å². The number of halogens is 2. The fraction of sp³-hybridized carbons (Fsp3) is 0.160. The summed E-state index contributed by atoms with van der Waals surface area (Å²) in [6, 6.07) is 16.0. The molecule has 0 aliphatic heterocycles. The molecule has 0 amide bonds. The lowest BCUT2D eigenvalue weighted by atomic mass is 10.0. The quantitative estimate of drug-likeness (QED) is 0.186. The Morgan fingerprint density at radius 2 is 1.89 bits per heavy atom. The molecule has 0 aliphatic rings. The van der Waals surface area contributed by atoms with Crippen LogP contribution in [0, 0.1) is 12.7 Å². The number of aryl methyl sites for hydroxylation is 1. The number of anilines is 2. The molecule has 0 bridgehead atoms. The van der Waals surface area contributed by atoms with Gasteiger partial charge in [0.25, 0.3) is 0 Å². The summed E-state index contributed by atoms with van der Waals surface area (Å²) < 4.78 is 20.9. The minimum Gasteiger partial charge on any atom is -0.462 e. The van der Waals surface area contributed by atoms with Crippen LogP contribution in [0.2, 0.25) is 0 Å².